The number of carbonyl (C=O) groups excluding carboxylic acids is 2. The van der Waals surface area contributed by atoms with Crippen LogP contribution in [-0.2, 0) is 16.1 Å². The summed E-state index contributed by atoms with van der Waals surface area (Å²) in [6.07, 6.45) is 0. The first-order valence-electron chi connectivity index (χ1n) is 9.27. The van der Waals surface area contributed by atoms with Gasteiger partial charge in [-0.3, -0.25) is 0 Å². The second-order valence-corrected chi connectivity index (χ2v) is 6.59. The lowest BCUT2D eigenvalue weighted by molar-refractivity contribution is -0.140. The zero-order valence-electron chi connectivity index (χ0n) is 17.3. The molecule has 1 atom stereocenters. The van der Waals surface area contributed by atoms with Gasteiger partial charge in [0.1, 0.15) is 6.61 Å². The summed E-state index contributed by atoms with van der Waals surface area (Å²) in [6, 6.07) is 11.6. The summed E-state index contributed by atoms with van der Waals surface area (Å²) in [4.78, 5) is 25.1. The number of ether oxygens (including phenoxy) is 4. The molecule has 1 aliphatic rings. The molecule has 0 aliphatic carbocycles. The molecule has 158 valence electrons. The molecule has 8 nitrogen and oxygen atoms in total. The molecule has 2 aromatic rings. The number of hydrogen-bond acceptors (Lipinski definition) is 6. The second kappa shape index (κ2) is 9.21. The highest BCUT2D eigenvalue weighted by molar-refractivity contribution is 5.95. The Labute approximate surface area is 174 Å². The van der Waals surface area contributed by atoms with Gasteiger partial charge in [-0.2, -0.15) is 0 Å². The average molecular weight is 412 g/mol. The van der Waals surface area contributed by atoms with Crippen LogP contribution < -0.4 is 24.8 Å². The van der Waals surface area contributed by atoms with Gasteiger partial charge in [-0.25, -0.2) is 9.59 Å². The van der Waals surface area contributed by atoms with Crippen LogP contribution in [0.2, 0.25) is 0 Å². The van der Waals surface area contributed by atoms with Gasteiger partial charge >= 0.3 is 12.0 Å². The Hall–Kier alpha value is -3.68. The third-order valence-corrected chi connectivity index (χ3v) is 4.72. The van der Waals surface area contributed by atoms with E-state index in [4.69, 9.17) is 18.9 Å². The van der Waals surface area contributed by atoms with E-state index in [1.807, 2.05) is 30.3 Å². The fraction of sp³-hybridized carbons (Fsp3) is 0.273. The van der Waals surface area contributed by atoms with Gasteiger partial charge in [-0.05, 0) is 30.2 Å². The molecule has 2 N–H and O–H groups in total. The van der Waals surface area contributed by atoms with Crippen LogP contribution in [0.15, 0.2) is 53.7 Å². The maximum atomic E-state index is 12.9. The van der Waals surface area contributed by atoms with Crippen molar-refractivity contribution in [2.24, 2.45) is 0 Å². The van der Waals surface area contributed by atoms with E-state index in [-0.39, 0.29) is 6.61 Å². The van der Waals surface area contributed by atoms with Crippen molar-refractivity contribution >= 4 is 12.0 Å². The van der Waals surface area contributed by atoms with Crippen molar-refractivity contribution in [3.63, 3.8) is 0 Å². The minimum Gasteiger partial charge on any atom is -0.493 e. The van der Waals surface area contributed by atoms with Gasteiger partial charge in [0.2, 0.25) is 5.75 Å². The summed E-state index contributed by atoms with van der Waals surface area (Å²) in [5.74, 6) is 0.698. The quantitative estimate of drug-likeness (QED) is 0.679. The molecule has 2 amide bonds. The van der Waals surface area contributed by atoms with Crippen LogP contribution in [-0.4, -0.2) is 33.3 Å². The Morgan fingerprint density at radius 3 is 2.20 bits per heavy atom. The van der Waals surface area contributed by atoms with Crippen LogP contribution in [0.5, 0.6) is 17.2 Å². The van der Waals surface area contributed by atoms with Crippen molar-refractivity contribution in [3.8, 4) is 17.2 Å². The van der Waals surface area contributed by atoms with Gasteiger partial charge in [-0.1, -0.05) is 30.3 Å². The first-order valence-corrected chi connectivity index (χ1v) is 9.27. The molecule has 0 fully saturated rings. The number of nitrogens with one attached hydrogen (secondary N) is 2. The van der Waals surface area contributed by atoms with Gasteiger partial charge in [0.25, 0.3) is 0 Å². The topological polar surface area (TPSA) is 95.1 Å². The average Bonchev–Trinajstić information content (AvgIpc) is 2.76. The SMILES string of the molecule is COc1cc(C2NC(=O)NC(C)=C2C(=O)OCc2ccccc2)cc(OC)c1OC. The Kier molecular flexibility index (Phi) is 6.46. The summed E-state index contributed by atoms with van der Waals surface area (Å²) in [5, 5.41) is 5.40. The predicted octanol–water partition coefficient (Wildman–Crippen LogP) is 3.08. The molecule has 8 heteroatoms. The number of methoxy groups -OCH3 is 3. The summed E-state index contributed by atoms with van der Waals surface area (Å²) in [6.45, 7) is 1.77. The van der Waals surface area contributed by atoms with Crippen molar-refractivity contribution < 1.29 is 28.5 Å². The Morgan fingerprint density at radius 1 is 1.00 bits per heavy atom. The molecule has 0 radical (unpaired) electrons. The molecule has 0 saturated carbocycles. The van der Waals surface area contributed by atoms with E-state index in [9.17, 15) is 9.59 Å². The predicted molar refractivity (Wildman–Crippen MR) is 109 cm³/mol. The van der Waals surface area contributed by atoms with Gasteiger partial charge in [-0.15, -0.1) is 0 Å². The number of carbonyl (C=O) groups is 2. The Bertz CT molecular complexity index is 946. The van der Waals surface area contributed by atoms with Crippen LogP contribution >= 0.6 is 0 Å². The molecule has 0 aromatic heterocycles. The van der Waals surface area contributed by atoms with Crippen molar-refractivity contribution in [1.82, 2.24) is 10.6 Å². The molecule has 0 saturated heterocycles. The van der Waals surface area contributed by atoms with Crippen molar-refractivity contribution in [2.75, 3.05) is 21.3 Å². The largest absolute Gasteiger partial charge is 0.493 e. The molecule has 1 heterocycles. The van der Waals surface area contributed by atoms with Crippen LogP contribution in [0.4, 0.5) is 4.79 Å². The molecule has 1 aliphatic heterocycles. The van der Waals surface area contributed by atoms with Crippen LogP contribution in [0.1, 0.15) is 24.1 Å². The first-order chi connectivity index (χ1) is 14.5. The minimum atomic E-state index is -0.754. The number of benzene rings is 2. The van der Waals surface area contributed by atoms with Gasteiger partial charge in [0.15, 0.2) is 11.5 Å². The number of rotatable bonds is 7. The normalized spacial score (nSPS) is 15.7. The standard InChI is InChI=1S/C22H24N2O6/c1-13-18(21(25)30-12-14-8-6-5-7-9-14)19(24-22(26)23-13)15-10-16(27-2)20(29-4)17(11-15)28-3/h5-11,19H,12H2,1-4H3,(H2,23,24,26). The van der Waals surface area contributed by atoms with Crippen LogP contribution in [0.3, 0.4) is 0 Å². The van der Waals surface area contributed by atoms with E-state index < -0.39 is 18.0 Å². The second-order valence-electron chi connectivity index (χ2n) is 6.59. The van der Waals surface area contributed by atoms with E-state index in [0.717, 1.165) is 5.56 Å². The molecule has 1 unspecified atom stereocenters. The third-order valence-electron chi connectivity index (χ3n) is 4.72. The monoisotopic (exact) mass is 412 g/mol. The minimum absolute atomic E-state index is 0.117. The van der Waals surface area contributed by atoms with Crippen molar-refractivity contribution in [2.45, 2.75) is 19.6 Å². The number of hydrogen-bond donors (Lipinski definition) is 2. The first kappa shape index (κ1) is 21.0. The fourth-order valence-electron chi connectivity index (χ4n) is 3.28. The zero-order chi connectivity index (χ0) is 21.7. The summed E-state index contributed by atoms with van der Waals surface area (Å²) in [7, 11) is 4.50. The molecule has 3 rings (SSSR count). The highest BCUT2D eigenvalue weighted by atomic mass is 16.5. The molecule has 2 aromatic carbocycles. The van der Waals surface area contributed by atoms with E-state index in [1.54, 1.807) is 19.1 Å². The summed E-state index contributed by atoms with van der Waals surface area (Å²) >= 11 is 0. The lowest BCUT2D eigenvalue weighted by Gasteiger charge is -2.29. The fourth-order valence-corrected chi connectivity index (χ4v) is 3.28. The molecule has 0 bridgehead atoms. The smallest absolute Gasteiger partial charge is 0.338 e. The highest BCUT2D eigenvalue weighted by Gasteiger charge is 2.33. The maximum Gasteiger partial charge on any atom is 0.338 e. The van der Waals surface area contributed by atoms with Gasteiger partial charge < -0.3 is 29.6 Å². The number of amides is 2. The molecule has 0 spiro atoms. The third kappa shape index (κ3) is 4.32. The van der Waals surface area contributed by atoms with Crippen LogP contribution in [0.25, 0.3) is 0 Å². The summed E-state index contributed by atoms with van der Waals surface area (Å²) in [5.41, 5.74) is 2.15. The molecule has 30 heavy (non-hydrogen) atoms. The summed E-state index contributed by atoms with van der Waals surface area (Å²) < 4.78 is 21.7. The lowest BCUT2D eigenvalue weighted by Crippen LogP contribution is -2.45. The van der Waals surface area contributed by atoms with Gasteiger partial charge in [0, 0.05) is 5.70 Å². The van der Waals surface area contributed by atoms with E-state index in [0.29, 0.717) is 34.1 Å². The number of urea groups is 1. The van der Waals surface area contributed by atoms with Crippen molar-refractivity contribution in [3.05, 3.63) is 64.9 Å². The van der Waals surface area contributed by atoms with Gasteiger partial charge in [0.05, 0.1) is 32.9 Å². The van der Waals surface area contributed by atoms with E-state index >= 15 is 0 Å². The highest BCUT2D eigenvalue weighted by Crippen LogP contribution is 2.41. The Morgan fingerprint density at radius 2 is 1.63 bits per heavy atom. The van der Waals surface area contributed by atoms with E-state index in [1.165, 1.54) is 21.3 Å². The van der Waals surface area contributed by atoms with E-state index in [2.05, 4.69) is 10.6 Å². The molecular weight excluding hydrogens is 388 g/mol. The van der Waals surface area contributed by atoms with Crippen molar-refractivity contribution in [1.29, 1.82) is 0 Å². The number of esters is 1. The molecular formula is C22H24N2O6. The zero-order valence-corrected chi connectivity index (χ0v) is 17.3. The lowest BCUT2D eigenvalue weighted by atomic mass is 9.95. The Balaban J connectivity index is 1.96. The maximum absolute atomic E-state index is 12.9. The number of allylic oxidation sites excluding steroid dienone is 1. The van der Waals surface area contributed by atoms with Crippen LogP contribution in [0, 0.1) is 0 Å².